The van der Waals surface area contributed by atoms with E-state index < -0.39 is 24.4 Å². The van der Waals surface area contributed by atoms with Crippen LogP contribution in [0.1, 0.15) is 17.4 Å². The van der Waals surface area contributed by atoms with Gasteiger partial charge in [-0.15, -0.1) is 0 Å². The van der Waals surface area contributed by atoms with Crippen molar-refractivity contribution in [1.82, 2.24) is 5.32 Å². The first-order chi connectivity index (χ1) is 7.74. The van der Waals surface area contributed by atoms with Gasteiger partial charge in [0.25, 0.3) is 0 Å². The number of hydrogen-bond acceptors (Lipinski definition) is 5. The van der Waals surface area contributed by atoms with Gasteiger partial charge in [0.15, 0.2) is 12.5 Å². The Kier molecular flexibility index (Phi) is 1.94. The molecule has 2 heterocycles. The van der Waals surface area contributed by atoms with Gasteiger partial charge in [-0.05, 0) is 5.56 Å². The molecule has 3 rings (SSSR count). The Hall–Kier alpha value is -1.88. The van der Waals surface area contributed by atoms with Crippen molar-refractivity contribution in [2.75, 3.05) is 0 Å². The molecule has 0 aliphatic carbocycles. The summed E-state index contributed by atoms with van der Waals surface area (Å²) in [4.78, 5) is 22.4. The van der Waals surface area contributed by atoms with Crippen molar-refractivity contribution in [3.63, 3.8) is 0 Å². The Morgan fingerprint density at radius 1 is 1.12 bits per heavy atom. The van der Waals surface area contributed by atoms with E-state index in [9.17, 15) is 9.59 Å². The van der Waals surface area contributed by atoms with Gasteiger partial charge < -0.3 is 9.47 Å². The molecule has 0 aromatic heterocycles. The molecule has 1 N–H and O–H groups in total. The molecule has 5 nitrogen and oxygen atoms in total. The summed E-state index contributed by atoms with van der Waals surface area (Å²) in [5, 5.41) is 2.95. The van der Waals surface area contributed by atoms with E-state index in [0.717, 1.165) is 11.1 Å². The van der Waals surface area contributed by atoms with Gasteiger partial charge in [-0.1, -0.05) is 24.3 Å². The van der Waals surface area contributed by atoms with Crippen molar-refractivity contribution in [2.24, 2.45) is 0 Å². The van der Waals surface area contributed by atoms with Crippen LogP contribution in [0.3, 0.4) is 0 Å². The average Bonchev–Trinajstić information content (AvgIpc) is 2.38. The molecule has 0 radical (unpaired) electrons. The Bertz CT molecular complexity index is 471. The normalized spacial score (nSPS) is 27.5. The number of nitrogens with one attached hydrogen (secondary N) is 1. The van der Waals surface area contributed by atoms with Crippen LogP contribution in [0.2, 0.25) is 0 Å². The molecular weight excluding hydrogens is 210 g/mol. The third-order valence-electron chi connectivity index (χ3n) is 2.72. The summed E-state index contributed by atoms with van der Waals surface area (Å²) in [6.07, 6.45) is -0.526. The SMILES string of the molecule is O=C1OC2Cc3ccccc3C(N2)OC1=O. The van der Waals surface area contributed by atoms with Crippen molar-refractivity contribution in [3.05, 3.63) is 35.4 Å². The van der Waals surface area contributed by atoms with Crippen LogP contribution in [-0.4, -0.2) is 18.2 Å². The van der Waals surface area contributed by atoms with E-state index in [1.807, 2.05) is 24.3 Å². The fourth-order valence-electron chi connectivity index (χ4n) is 2.00. The minimum Gasteiger partial charge on any atom is -0.438 e. The summed E-state index contributed by atoms with van der Waals surface area (Å²) < 4.78 is 9.92. The number of hydrogen-bond donors (Lipinski definition) is 1. The van der Waals surface area contributed by atoms with Gasteiger partial charge in [0.1, 0.15) is 0 Å². The van der Waals surface area contributed by atoms with Crippen LogP contribution in [0.4, 0.5) is 0 Å². The molecule has 2 aliphatic heterocycles. The molecule has 2 bridgehead atoms. The second-order valence-corrected chi connectivity index (χ2v) is 3.75. The summed E-state index contributed by atoms with van der Waals surface area (Å²) >= 11 is 0. The monoisotopic (exact) mass is 219 g/mol. The number of carbonyl (C=O) groups excluding carboxylic acids is 2. The first-order valence-corrected chi connectivity index (χ1v) is 4.99. The predicted octanol–water partition coefficient (Wildman–Crippen LogP) is 0.257. The van der Waals surface area contributed by atoms with Gasteiger partial charge >= 0.3 is 11.9 Å². The Balaban J connectivity index is 2.04. The molecule has 2 aliphatic rings. The first kappa shape index (κ1) is 9.35. The quantitative estimate of drug-likeness (QED) is 0.500. The van der Waals surface area contributed by atoms with E-state index in [0.29, 0.717) is 6.42 Å². The zero-order valence-corrected chi connectivity index (χ0v) is 8.30. The molecule has 2 atom stereocenters. The summed E-state index contributed by atoms with van der Waals surface area (Å²) in [5.41, 5.74) is 1.91. The second-order valence-electron chi connectivity index (χ2n) is 3.75. The van der Waals surface area contributed by atoms with Gasteiger partial charge in [0, 0.05) is 12.0 Å². The van der Waals surface area contributed by atoms with Gasteiger partial charge in [-0.2, -0.15) is 0 Å². The maximum atomic E-state index is 11.2. The minimum atomic E-state index is -0.947. The average molecular weight is 219 g/mol. The molecule has 2 unspecified atom stereocenters. The lowest BCUT2D eigenvalue weighted by atomic mass is 9.99. The van der Waals surface area contributed by atoms with Crippen molar-refractivity contribution >= 4 is 11.9 Å². The zero-order chi connectivity index (χ0) is 11.1. The first-order valence-electron chi connectivity index (χ1n) is 4.99. The van der Waals surface area contributed by atoms with Crippen molar-refractivity contribution in [3.8, 4) is 0 Å². The Labute approximate surface area is 91.3 Å². The fraction of sp³-hybridized carbons (Fsp3) is 0.273. The lowest BCUT2D eigenvalue weighted by Crippen LogP contribution is -2.40. The molecule has 0 saturated carbocycles. The summed E-state index contributed by atoms with van der Waals surface area (Å²) in [6, 6.07) is 7.57. The molecular formula is C11H9NO4. The number of ether oxygens (including phenoxy) is 2. The zero-order valence-electron chi connectivity index (χ0n) is 8.30. The molecule has 0 spiro atoms. The van der Waals surface area contributed by atoms with Crippen LogP contribution in [-0.2, 0) is 25.5 Å². The van der Waals surface area contributed by atoms with Crippen LogP contribution in [0.25, 0.3) is 0 Å². The third-order valence-corrected chi connectivity index (χ3v) is 2.72. The van der Waals surface area contributed by atoms with Gasteiger partial charge in [-0.3, -0.25) is 0 Å². The minimum absolute atomic E-state index is 0.487. The van der Waals surface area contributed by atoms with Crippen molar-refractivity contribution in [1.29, 1.82) is 0 Å². The van der Waals surface area contributed by atoms with Crippen molar-refractivity contribution < 1.29 is 19.1 Å². The maximum absolute atomic E-state index is 11.2. The number of carbonyl (C=O) groups is 2. The van der Waals surface area contributed by atoms with E-state index in [2.05, 4.69) is 5.32 Å². The number of esters is 2. The van der Waals surface area contributed by atoms with Crippen LogP contribution >= 0.6 is 0 Å². The topological polar surface area (TPSA) is 64.6 Å². The predicted molar refractivity (Wildman–Crippen MR) is 52.0 cm³/mol. The van der Waals surface area contributed by atoms with E-state index in [4.69, 9.17) is 9.47 Å². The Morgan fingerprint density at radius 3 is 2.75 bits per heavy atom. The fourth-order valence-corrected chi connectivity index (χ4v) is 2.00. The highest BCUT2D eigenvalue weighted by atomic mass is 16.6. The molecule has 5 heteroatoms. The number of fused-ring (bicyclic) bond motifs is 4. The second kappa shape index (κ2) is 3.31. The standard InChI is InChI=1S/C11H9NO4/c13-10-11(14)16-9-7-4-2-1-3-6(7)5-8(12-9)15-10/h1-4,8-9,12H,5H2. The van der Waals surface area contributed by atoms with E-state index >= 15 is 0 Å². The molecule has 1 fully saturated rings. The highest BCUT2D eigenvalue weighted by molar-refractivity contribution is 6.29. The van der Waals surface area contributed by atoms with Gasteiger partial charge in [-0.25, -0.2) is 14.9 Å². The number of benzene rings is 1. The van der Waals surface area contributed by atoms with E-state index in [-0.39, 0.29) is 0 Å². The van der Waals surface area contributed by atoms with E-state index in [1.54, 1.807) is 0 Å². The third kappa shape index (κ3) is 1.37. The molecule has 16 heavy (non-hydrogen) atoms. The molecule has 0 amide bonds. The lowest BCUT2D eigenvalue weighted by Gasteiger charge is -2.28. The molecule has 1 saturated heterocycles. The number of rotatable bonds is 0. The van der Waals surface area contributed by atoms with Crippen LogP contribution in [0, 0.1) is 0 Å². The molecule has 1 aromatic carbocycles. The molecule has 1 aromatic rings. The maximum Gasteiger partial charge on any atom is 0.419 e. The summed E-state index contributed by atoms with van der Waals surface area (Å²) in [7, 11) is 0. The largest absolute Gasteiger partial charge is 0.438 e. The lowest BCUT2D eigenvalue weighted by molar-refractivity contribution is -0.167. The van der Waals surface area contributed by atoms with E-state index in [1.165, 1.54) is 0 Å². The highest BCUT2D eigenvalue weighted by Crippen LogP contribution is 2.28. The van der Waals surface area contributed by atoms with Crippen molar-refractivity contribution in [2.45, 2.75) is 18.9 Å². The summed E-state index contributed by atoms with van der Waals surface area (Å²) in [6.45, 7) is 0. The van der Waals surface area contributed by atoms with Crippen LogP contribution in [0.15, 0.2) is 24.3 Å². The van der Waals surface area contributed by atoms with Gasteiger partial charge in [0.2, 0.25) is 0 Å². The van der Waals surface area contributed by atoms with Crippen LogP contribution < -0.4 is 5.32 Å². The summed E-state index contributed by atoms with van der Waals surface area (Å²) in [5.74, 6) is -1.88. The smallest absolute Gasteiger partial charge is 0.419 e. The van der Waals surface area contributed by atoms with Gasteiger partial charge in [0.05, 0.1) is 0 Å². The van der Waals surface area contributed by atoms with Crippen LogP contribution in [0.5, 0.6) is 0 Å². The highest BCUT2D eigenvalue weighted by Gasteiger charge is 2.37. The Morgan fingerprint density at radius 2 is 1.88 bits per heavy atom. The molecule has 82 valence electrons.